The summed E-state index contributed by atoms with van der Waals surface area (Å²) in [6.45, 7) is 0. The Morgan fingerprint density at radius 3 is 2.70 bits per heavy atom. The third-order valence-corrected chi connectivity index (χ3v) is 3.91. The van der Waals surface area contributed by atoms with Crippen LogP contribution in [0.3, 0.4) is 0 Å². The molecule has 0 heterocycles. The summed E-state index contributed by atoms with van der Waals surface area (Å²) in [6, 6.07) is 11.1. The van der Waals surface area contributed by atoms with E-state index >= 15 is 0 Å². The minimum Gasteiger partial charge on any atom is -0.324 e. The van der Waals surface area contributed by atoms with Crippen molar-refractivity contribution in [1.82, 2.24) is 0 Å². The van der Waals surface area contributed by atoms with E-state index in [1.54, 1.807) is 12.1 Å². The average molecular weight is 330 g/mol. The van der Waals surface area contributed by atoms with Crippen molar-refractivity contribution >= 4 is 46.6 Å². The van der Waals surface area contributed by atoms with Crippen molar-refractivity contribution in [2.45, 2.75) is 4.90 Å². The van der Waals surface area contributed by atoms with Crippen molar-refractivity contribution < 1.29 is 9.18 Å². The lowest BCUT2D eigenvalue weighted by molar-refractivity contribution is -0.113. The Morgan fingerprint density at radius 1 is 1.20 bits per heavy atom. The van der Waals surface area contributed by atoms with Gasteiger partial charge in [0, 0.05) is 9.92 Å². The van der Waals surface area contributed by atoms with Crippen molar-refractivity contribution in [2.75, 3.05) is 11.1 Å². The number of carbonyl (C=O) groups excluding carboxylic acids is 1. The van der Waals surface area contributed by atoms with E-state index in [0.717, 1.165) is 11.0 Å². The molecule has 0 aromatic heterocycles. The van der Waals surface area contributed by atoms with Crippen LogP contribution in [-0.2, 0) is 4.79 Å². The molecule has 104 valence electrons. The number of anilines is 1. The van der Waals surface area contributed by atoms with Crippen LogP contribution < -0.4 is 5.32 Å². The maximum Gasteiger partial charge on any atom is 0.234 e. The Kier molecular flexibility index (Phi) is 5.29. The van der Waals surface area contributed by atoms with Crippen LogP contribution in [0.15, 0.2) is 47.4 Å². The molecule has 0 bridgehead atoms. The summed E-state index contributed by atoms with van der Waals surface area (Å²) in [4.78, 5) is 12.7. The third-order valence-electron chi connectivity index (χ3n) is 2.37. The van der Waals surface area contributed by atoms with Gasteiger partial charge in [-0.25, -0.2) is 4.39 Å². The van der Waals surface area contributed by atoms with Crippen LogP contribution in [-0.4, -0.2) is 11.7 Å². The monoisotopic (exact) mass is 329 g/mol. The molecule has 6 heteroatoms. The molecule has 0 atom stereocenters. The number of halogens is 3. The second kappa shape index (κ2) is 6.97. The molecule has 20 heavy (non-hydrogen) atoms. The minimum atomic E-state index is -0.443. The average Bonchev–Trinajstić information content (AvgIpc) is 2.40. The number of thioether (sulfide) groups is 1. The topological polar surface area (TPSA) is 29.1 Å². The van der Waals surface area contributed by atoms with Crippen molar-refractivity contribution in [3.63, 3.8) is 0 Å². The van der Waals surface area contributed by atoms with Gasteiger partial charge in [0.1, 0.15) is 5.82 Å². The second-order valence-corrected chi connectivity index (χ2v) is 5.81. The molecule has 0 aliphatic carbocycles. The molecule has 0 unspecified atom stereocenters. The fourth-order valence-electron chi connectivity index (χ4n) is 1.48. The van der Waals surface area contributed by atoms with Gasteiger partial charge in [0.05, 0.1) is 16.5 Å². The lowest BCUT2D eigenvalue weighted by Crippen LogP contribution is -2.14. The molecule has 0 saturated carbocycles. The zero-order chi connectivity index (χ0) is 14.5. The SMILES string of the molecule is O=C(CSc1cccc(Cl)c1)Nc1ccc(F)cc1Cl. The lowest BCUT2D eigenvalue weighted by atomic mass is 10.3. The fourth-order valence-corrected chi connectivity index (χ4v) is 2.71. The Morgan fingerprint density at radius 2 is 2.00 bits per heavy atom. The zero-order valence-electron chi connectivity index (χ0n) is 10.2. The standard InChI is InChI=1S/C14H10Cl2FNOS/c15-9-2-1-3-11(6-9)20-8-14(19)18-13-5-4-10(17)7-12(13)16/h1-7H,8H2,(H,18,19). The number of hydrogen-bond acceptors (Lipinski definition) is 2. The molecule has 0 aliphatic rings. The van der Waals surface area contributed by atoms with E-state index in [1.807, 2.05) is 12.1 Å². The Bertz CT molecular complexity index is 636. The van der Waals surface area contributed by atoms with E-state index in [-0.39, 0.29) is 16.7 Å². The Hall–Kier alpha value is -1.23. The van der Waals surface area contributed by atoms with Gasteiger partial charge in [0.15, 0.2) is 0 Å². The van der Waals surface area contributed by atoms with Gasteiger partial charge < -0.3 is 5.32 Å². The molecule has 0 aliphatic heterocycles. The Balaban J connectivity index is 1.92. The summed E-state index contributed by atoms with van der Waals surface area (Å²) in [5, 5.41) is 3.43. The lowest BCUT2D eigenvalue weighted by Gasteiger charge is -2.07. The van der Waals surface area contributed by atoms with Crippen LogP contribution in [0.5, 0.6) is 0 Å². The minimum absolute atomic E-state index is 0.172. The van der Waals surface area contributed by atoms with Crippen molar-refractivity contribution in [1.29, 1.82) is 0 Å². The fraction of sp³-hybridized carbons (Fsp3) is 0.0714. The number of benzene rings is 2. The highest BCUT2D eigenvalue weighted by Gasteiger charge is 2.07. The molecule has 1 N–H and O–H groups in total. The third kappa shape index (κ3) is 4.40. The van der Waals surface area contributed by atoms with Gasteiger partial charge in [-0.2, -0.15) is 0 Å². The summed E-state index contributed by atoms with van der Waals surface area (Å²) < 4.78 is 12.9. The molecular formula is C14H10Cl2FNOS. The quantitative estimate of drug-likeness (QED) is 0.811. The van der Waals surface area contributed by atoms with Gasteiger partial charge in [-0.3, -0.25) is 4.79 Å². The maximum absolute atomic E-state index is 12.9. The normalized spacial score (nSPS) is 10.3. The van der Waals surface area contributed by atoms with Crippen LogP contribution in [0.2, 0.25) is 10.0 Å². The van der Waals surface area contributed by atoms with Gasteiger partial charge in [-0.05, 0) is 36.4 Å². The number of nitrogens with one attached hydrogen (secondary N) is 1. The van der Waals surface area contributed by atoms with E-state index in [1.165, 1.54) is 23.9 Å². The molecule has 1 amide bonds. The predicted molar refractivity (Wildman–Crippen MR) is 82.2 cm³/mol. The van der Waals surface area contributed by atoms with Crippen LogP contribution in [0.4, 0.5) is 10.1 Å². The molecule has 0 spiro atoms. The highest BCUT2D eigenvalue weighted by molar-refractivity contribution is 8.00. The van der Waals surface area contributed by atoms with E-state index < -0.39 is 5.82 Å². The number of rotatable bonds is 4. The molecule has 2 rings (SSSR count). The van der Waals surface area contributed by atoms with E-state index in [9.17, 15) is 9.18 Å². The van der Waals surface area contributed by atoms with Gasteiger partial charge in [-0.15, -0.1) is 11.8 Å². The van der Waals surface area contributed by atoms with Crippen LogP contribution >= 0.6 is 35.0 Å². The molecular weight excluding hydrogens is 320 g/mol. The first-order valence-corrected chi connectivity index (χ1v) is 7.42. The summed E-state index contributed by atoms with van der Waals surface area (Å²) in [7, 11) is 0. The summed E-state index contributed by atoms with van der Waals surface area (Å²) in [5.74, 6) is -0.446. The highest BCUT2D eigenvalue weighted by atomic mass is 35.5. The van der Waals surface area contributed by atoms with Crippen LogP contribution in [0, 0.1) is 5.82 Å². The number of carbonyl (C=O) groups is 1. The Labute approximate surface area is 130 Å². The second-order valence-electron chi connectivity index (χ2n) is 3.92. The highest BCUT2D eigenvalue weighted by Crippen LogP contribution is 2.24. The summed E-state index contributed by atoms with van der Waals surface area (Å²) >= 11 is 13.0. The van der Waals surface area contributed by atoms with Crippen molar-refractivity contribution in [3.8, 4) is 0 Å². The maximum atomic E-state index is 12.9. The van der Waals surface area contributed by atoms with E-state index in [4.69, 9.17) is 23.2 Å². The number of amides is 1. The van der Waals surface area contributed by atoms with E-state index in [2.05, 4.69) is 5.32 Å². The van der Waals surface area contributed by atoms with Crippen LogP contribution in [0.25, 0.3) is 0 Å². The summed E-state index contributed by atoms with van der Waals surface area (Å²) in [6.07, 6.45) is 0. The van der Waals surface area contributed by atoms with E-state index in [0.29, 0.717) is 10.7 Å². The summed E-state index contributed by atoms with van der Waals surface area (Å²) in [5.41, 5.74) is 0.393. The first kappa shape index (κ1) is 15.2. The van der Waals surface area contributed by atoms with Gasteiger partial charge in [0.25, 0.3) is 0 Å². The smallest absolute Gasteiger partial charge is 0.234 e. The van der Waals surface area contributed by atoms with Gasteiger partial charge in [-0.1, -0.05) is 29.3 Å². The molecule has 2 nitrogen and oxygen atoms in total. The van der Waals surface area contributed by atoms with Gasteiger partial charge >= 0.3 is 0 Å². The van der Waals surface area contributed by atoms with Crippen molar-refractivity contribution in [3.05, 3.63) is 58.3 Å². The zero-order valence-corrected chi connectivity index (χ0v) is 12.5. The number of hydrogen-bond donors (Lipinski definition) is 1. The van der Waals surface area contributed by atoms with Crippen molar-refractivity contribution in [2.24, 2.45) is 0 Å². The first-order chi connectivity index (χ1) is 9.54. The van der Waals surface area contributed by atoms with Gasteiger partial charge in [0.2, 0.25) is 5.91 Å². The predicted octanol–water partition coefficient (Wildman–Crippen LogP) is 4.86. The molecule has 2 aromatic carbocycles. The molecule has 2 aromatic rings. The van der Waals surface area contributed by atoms with Crippen LogP contribution in [0.1, 0.15) is 0 Å². The largest absolute Gasteiger partial charge is 0.324 e. The molecule has 0 fully saturated rings. The molecule has 0 saturated heterocycles. The first-order valence-electron chi connectivity index (χ1n) is 5.68. The molecule has 0 radical (unpaired) electrons.